The van der Waals surface area contributed by atoms with E-state index in [4.69, 9.17) is 4.74 Å². The van der Waals surface area contributed by atoms with Crippen molar-refractivity contribution in [1.82, 2.24) is 0 Å². The molecule has 0 saturated carbocycles. The van der Waals surface area contributed by atoms with Crippen molar-refractivity contribution >= 4 is 25.9 Å². The molecule has 0 radical (unpaired) electrons. The normalized spacial score (nSPS) is 22.8. The third-order valence-electron chi connectivity index (χ3n) is 4.39. The molecule has 0 aromatic carbocycles. The zero-order valence-corrected chi connectivity index (χ0v) is 16.4. The highest BCUT2D eigenvalue weighted by Gasteiger charge is 2.43. The molecule has 1 aliphatic heterocycles. The monoisotopic (exact) mass is 397 g/mol. The van der Waals surface area contributed by atoms with Crippen LogP contribution in [0, 0.1) is 0 Å². The molecule has 0 aromatic rings. The largest absolute Gasteiger partial charge is 0.748 e. The summed E-state index contributed by atoms with van der Waals surface area (Å²) in [5.74, 6) is -2.00. The molecule has 0 spiro atoms. The Hall–Kier alpha value is -0.670. The van der Waals surface area contributed by atoms with E-state index in [2.05, 4.69) is 6.92 Å². The first-order chi connectivity index (χ1) is 11.7. The third-order valence-corrected chi connectivity index (χ3v) is 7.52. The van der Waals surface area contributed by atoms with Gasteiger partial charge >= 0.3 is 5.97 Å². The zero-order valence-electron chi connectivity index (χ0n) is 14.8. The van der Waals surface area contributed by atoms with Gasteiger partial charge in [0.15, 0.2) is 9.84 Å². The molecule has 1 rings (SSSR count). The molecule has 1 aliphatic rings. The van der Waals surface area contributed by atoms with E-state index in [1.165, 1.54) is 32.1 Å². The van der Waals surface area contributed by atoms with Crippen molar-refractivity contribution in [2.75, 3.05) is 11.5 Å². The number of hydrogen-bond acceptors (Lipinski definition) is 7. The maximum absolute atomic E-state index is 11.8. The van der Waals surface area contributed by atoms with Crippen molar-refractivity contribution in [2.24, 2.45) is 0 Å². The second kappa shape index (κ2) is 10.5. The van der Waals surface area contributed by atoms with E-state index in [9.17, 15) is 26.2 Å². The lowest BCUT2D eigenvalue weighted by molar-refractivity contribution is -0.147. The predicted octanol–water partition coefficient (Wildman–Crippen LogP) is 2.16. The quantitative estimate of drug-likeness (QED) is 0.281. The summed E-state index contributed by atoms with van der Waals surface area (Å²) < 4.78 is 61.4. The highest BCUT2D eigenvalue weighted by atomic mass is 32.2. The van der Waals surface area contributed by atoms with Gasteiger partial charge in [-0.05, 0) is 6.42 Å². The Bertz CT molecular complexity index is 610. The highest BCUT2D eigenvalue weighted by Crippen LogP contribution is 2.22. The van der Waals surface area contributed by atoms with Crippen LogP contribution in [0.5, 0.6) is 0 Å². The first kappa shape index (κ1) is 22.4. The Balaban J connectivity index is 2.23. The molecular formula is C16H29O7S2-. The van der Waals surface area contributed by atoms with E-state index in [0.29, 0.717) is 6.42 Å². The van der Waals surface area contributed by atoms with Gasteiger partial charge in [-0.15, -0.1) is 0 Å². The first-order valence-electron chi connectivity index (χ1n) is 9.00. The number of unbranched alkanes of at least 4 members (excludes halogenated alkanes) is 8. The SMILES string of the molecule is CCCCCCCCCCCC(=O)OC1CS(=O)(=O)CC1S(=O)(=O)[O-]. The fourth-order valence-electron chi connectivity index (χ4n) is 2.97. The number of ether oxygens (including phenoxy) is 1. The molecule has 7 nitrogen and oxygen atoms in total. The second-order valence-electron chi connectivity index (χ2n) is 6.71. The molecule has 2 unspecified atom stereocenters. The maximum atomic E-state index is 11.8. The fraction of sp³-hybridized carbons (Fsp3) is 0.938. The van der Waals surface area contributed by atoms with Crippen LogP contribution in [0.25, 0.3) is 0 Å². The summed E-state index contributed by atoms with van der Waals surface area (Å²) in [7, 11) is -8.49. The molecule has 9 heteroatoms. The van der Waals surface area contributed by atoms with Gasteiger partial charge in [0, 0.05) is 6.42 Å². The van der Waals surface area contributed by atoms with Crippen molar-refractivity contribution in [3.05, 3.63) is 0 Å². The average molecular weight is 398 g/mol. The van der Waals surface area contributed by atoms with E-state index in [0.717, 1.165) is 19.3 Å². The van der Waals surface area contributed by atoms with E-state index in [-0.39, 0.29) is 6.42 Å². The molecule has 0 aromatic heterocycles. The Labute approximate surface area is 151 Å². The van der Waals surface area contributed by atoms with Crippen LogP contribution in [-0.2, 0) is 29.5 Å². The van der Waals surface area contributed by atoms with Crippen molar-refractivity contribution in [3.63, 3.8) is 0 Å². The molecule has 0 N–H and O–H groups in total. The Morgan fingerprint density at radius 2 is 1.52 bits per heavy atom. The van der Waals surface area contributed by atoms with Gasteiger partial charge in [0.25, 0.3) is 0 Å². The molecule has 148 valence electrons. The van der Waals surface area contributed by atoms with Gasteiger partial charge in [0.05, 0.1) is 11.5 Å². The van der Waals surface area contributed by atoms with Crippen LogP contribution in [0.2, 0.25) is 0 Å². The van der Waals surface area contributed by atoms with Gasteiger partial charge in [-0.1, -0.05) is 58.3 Å². The molecule has 1 saturated heterocycles. The summed E-state index contributed by atoms with van der Waals surface area (Å²) in [5, 5.41) is -1.69. The molecule has 0 bridgehead atoms. The van der Waals surface area contributed by atoms with Crippen LogP contribution in [0.15, 0.2) is 0 Å². The average Bonchev–Trinajstić information content (AvgIpc) is 2.80. The molecular weight excluding hydrogens is 368 g/mol. The van der Waals surface area contributed by atoms with Crippen molar-refractivity contribution in [2.45, 2.75) is 82.5 Å². The standard InChI is InChI=1S/C16H30O7S2/c1-2-3-4-5-6-7-8-9-10-11-16(17)23-14-12-24(18,19)13-15(14)25(20,21)22/h14-15H,2-13H2,1H3,(H,20,21,22)/p-1. The predicted molar refractivity (Wildman–Crippen MR) is 93.9 cm³/mol. The number of esters is 1. The Morgan fingerprint density at radius 3 is 2.04 bits per heavy atom. The summed E-state index contributed by atoms with van der Waals surface area (Å²) in [6, 6.07) is 0. The van der Waals surface area contributed by atoms with Crippen LogP contribution in [0.3, 0.4) is 0 Å². The fourth-order valence-corrected chi connectivity index (χ4v) is 6.56. The number of rotatable bonds is 12. The van der Waals surface area contributed by atoms with E-state index < -0.39 is 48.8 Å². The topological polar surface area (TPSA) is 118 Å². The van der Waals surface area contributed by atoms with Gasteiger partial charge in [0.1, 0.15) is 21.5 Å². The minimum absolute atomic E-state index is 0.109. The van der Waals surface area contributed by atoms with Gasteiger partial charge in [-0.2, -0.15) is 0 Å². The van der Waals surface area contributed by atoms with E-state index in [1.807, 2.05) is 0 Å². The maximum Gasteiger partial charge on any atom is 0.306 e. The van der Waals surface area contributed by atoms with Gasteiger partial charge in [-0.25, -0.2) is 16.8 Å². The van der Waals surface area contributed by atoms with Crippen molar-refractivity contribution in [3.8, 4) is 0 Å². The first-order valence-corrected chi connectivity index (χ1v) is 12.3. The van der Waals surface area contributed by atoms with Crippen LogP contribution in [0.4, 0.5) is 0 Å². The summed E-state index contributed by atoms with van der Waals surface area (Å²) in [6.45, 7) is 2.18. The highest BCUT2D eigenvalue weighted by molar-refractivity contribution is 7.94. The molecule has 1 fully saturated rings. The Kier molecular flexibility index (Phi) is 9.37. The smallest absolute Gasteiger partial charge is 0.306 e. The van der Waals surface area contributed by atoms with Crippen LogP contribution < -0.4 is 0 Å². The number of hydrogen-bond donors (Lipinski definition) is 0. The minimum Gasteiger partial charge on any atom is -0.748 e. The molecule has 25 heavy (non-hydrogen) atoms. The van der Waals surface area contributed by atoms with Gasteiger partial charge in [-0.3, -0.25) is 4.79 Å². The number of carbonyl (C=O) groups is 1. The Morgan fingerprint density at radius 1 is 1.00 bits per heavy atom. The lowest BCUT2D eigenvalue weighted by Crippen LogP contribution is -2.36. The zero-order chi connectivity index (χ0) is 18.9. The van der Waals surface area contributed by atoms with Crippen molar-refractivity contribution in [1.29, 1.82) is 0 Å². The lowest BCUT2D eigenvalue weighted by Gasteiger charge is -2.21. The molecule has 2 atom stereocenters. The molecule has 0 aliphatic carbocycles. The van der Waals surface area contributed by atoms with Gasteiger partial charge in [0.2, 0.25) is 0 Å². The summed E-state index contributed by atoms with van der Waals surface area (Å²) in [5.41, 5.74) is 0. The molecule has 0 amide bonds. The summed E-state index contributed by atoms with van der Waals surface area (Å²) >= 11 is 0. The number of sulfone groups is 1. The number of carbonyl (C=O) groups excluding carboxylic acids is 1. The third kappa shape index (κ3) is 9.01. The minimum atomic E-state index is -4.82. The van der Waals surface area contributed by atoms with E-state index in [1.54, 1.807) is 0 Å². The lowest BCUT2D eigenvalue weighted by atomic mass is 10.1. The van der Waals surface area contributed by atoms with Crippen LogP contribution in [0.1, 0.15) is 71.1 Å². The van der Waals surface area contributed by atoms with E-state index >= 15 is 0 Å². The summed E-state index contributed by atoms with van der Waals surface area (Å²) in [4.78, 5) is 11.8. The van der Waals surface area contributed by atoms with Crippen LogP contribution in [-0.4, -0.2) is 50.2 Å². The van der Waals surface area contributed by atoms with Crippen molar-refractivity contribution < 1.29 is 30.9 Å². The van der Waals surface area contributed by atoms with Crippen LogP contribution >= 0.6 is 0 Å². The second-order valence-corrected chi connectivity index (χ2v) is 10.5. The molecule has 1 heterocycles. The summed E-state index contributed by atoms with van der Waals surface area (Å²) in [6.07, 6.45) is 8.53. The van der Waals surface area contributed by atoms with Gasteiger partial charge < -0.3 is 9.29 Å².